The number of hydrogen-bond acceptors (Lipinski definition) is 1. The van der Waals surface area contributed by atoms with Gasteiger partial charge in [-0.15, -0.1) is 0 Å². The molecular formula is C28H25BrClIN2. The van der Waals surface area contributed by atoms with Crippen LogP contribution in [0.25, 0.3) is 34.5 Å². The van der Waals surface area contributed by atoms with E-state index in [1.165, 1.54) is 5.69 Å². The van der Waals surface area contributed by atoms with E-state index in [1.807, 2.05) is 12.1 Å². The number of nitrogens with zero attached hydrogens (tertiary/aromatic N) is 2. The summed E-state index contributed by atoms with van der Waals surface area (Å²) in [6, 6.07) is 29.4. The Hall–Kier alpha value is -2.15. The first-order valence-corrected chi connectivity index (χ1v) is 11.6. The third-order valence-electron chi connectivity index (χ3n) is 5.52. The Kier molecular flexibility index (Phi) is 8.74. The van der Waals surface area contributed by atoms with E-state index >= 15 is 0 Å². The van der Waals surface area contributed by atoms with Crippen LogP contribution >= 0.6 is 27.5 Å². The fourth-order valence-corrected chi connectivity index (χ4v) is 4.00. The Morgan fingerprint density at radius 1 is 0.758 bits per heavy atom. The molecule has 1 heterocycles. The predicted molar refractivity (Wildman–Crippen MR) is 141 cm³/mol. The van der Waals surface area contributed by atoms with Crippen molar-refractivity contribution in [2.24, 2.45) is 7.05 Å². The van der Waals surface area contributed by atoms with E-state index in [0.29, 0.717) is 0 Å². The summed E-state index contributed by atoms with van der Waals surface area (Å²) < 4.78 is 3.30. The maximum atomic E-state index is 6.12. The van der Waals surface area contributed by atoms with Crippen LogP contribution < -0.4 is 33.4 Å². The van der Waals surface area contributed by atoms with E-state index in [1.54, 1.807) is 0 Å². The zero-order valence-corrected chi connectivity index (χ0v) is 23.3. The molecule has 0 aliphatic rings. The van der Waals surface area contributed by atoms with E-state index in [9.17, 15) is 0 Å². The van der Waals surface area contributed by atoms with Gasteiger partial charge in [-0.25, -0.2) is 0 Å². The molecule has 0 spiro atoms. The highest BCUT2D eigenvalue weighted by Crippen LogP contribution is 2.27. The molecule has 0 amide bonds. The molecule has 0 saturated heterocycles. The summed E-state index contributed by atoms with van der Waals surface area (Å²) >= 11 is 9.66. The molecule has 4 rings (SSSR count). The molecule has 2 nitrogen and oxygen atoms in total. The van der Waals surface area contributed by atoms with Gasteiger partial charge in [0.15, 0.2) is 0 Å². The third kappa shape index (κ3) is 6.25. The third-order valence-corrected chi connectivity index (χ3v) is 6.30. The molecular weight excluding hydrogens is 607 g/mol. The van der Waals surface area contributed by atoms with Gasteiger partial charge < -0.3 is 28.9 Å². The van der Waals surface area contributed by atoms with Crippen LogP contribution in [-0.2, 0) is 7.05 Å². The topological polar surface area (TPSA) is 7.12 Å². The summed E-state index contributed by atoms with van der Waals surface area (Å²) in [5.74, 6) is 0. The number of benzene rings is 3. The van der Waals surface area contributed by atoms with Gasteiger partial charge in [0.2, 0.25) is 11.4 Å². The number of rotatable bonds is 5. The van der Waals surface area contributed by atoms with Gasteiger partial charge in [0.05, 0.1) is 0 Å². The average Bonchev–Trinajstić information content (AvgIpc) is 2.80. The Labute approximate surface area is 226 Å². The highest BCUT2D eigenvalue weighted by atomic mass is 127. The van der Waals surface area contributed by atoms with Gasteiger partial charge in [-0.05, 0) is 71.3 Å². The van der Waals surface area contributed by atoms with E-state index in [4.69, 9.17) is 11.6 Å². The maximum absolute atomic E-state index is 6.12. The van der Waals surface area contributed by atoms with E-state index in [0.717, 1.165) is 43.1 Å². The van der Waals surface area contributed by atoms with E-state index < -0.39 is 0 Å². The molecule has 0 N–H and O–H groups in total. The van der Waals surface area contributed by atoms with Crippen molar-refractivity contribution in [2.75, 3.05) is 19.0 Å². The minimum atomic E-state index is 0. The van der Waals surface area contributed by atoms with Crippen LogP contribution in [0, 0.1) is 0 Å². The van der Waals surface area contributed by atoms with E-state index in [2.05, 4.69) is 131 Å². The fourth-order valence-electron chi connectivity index (χ4n) is 3.61. The van der Waals surface area contributed by atoms with Gasteiger partial charge in [0, 0.05) is 53.1 Å². The molecule has 0 aliphatic heterocycles. The van der Waals surface area contributed by atoms with Crippen LogP contribution in [-0.4, -0.2) is 14.1 Å². The first kappa shape index (κ1) is 25.5. The molecule has 0 radical (unpaired) electrons. The monoisotopic (exact) mass is 630 g/mol. The number of anilines is 1. The lowest BCUT2D eigenvalue weighted by Gasteiger charge is -2.11. The minimum Gasteiger partial charge on any atom is -1.00 e. The number of hydrogen-bond donors (Lipinski definition) is 0. The SMILES string of the molecule is CN(C)c1ccc(/C=C/c2cc(-c3ccc(Cl)cc3)cc(-c3ccc(Br)cc3)[n+]2C)cc1.[I-]. The summed E-state index contributed by atoms with van der Waals surface area (Å²) in [7, 11) is 6.21. The van der Waals surface area contributed by atoms with Crippen LogP contribution in [0.1, 0.15) is 11.3 Å². The van der Waals surface area contributed by atoms with Crippen molar-refractivity contribution in [3.05, 3.63) is 106 Å². The molecule has 0 unspecified atom stereocenters. The quantitative estimate of drug-likeness (QED) is 0.233. The molecule has 33 heavy (non-hydrogen) atoms. The predicted octanol–water partition coefficient (Wildman–Crippen LogP) is 4.50. The van der Waals surface area contributed by atoms with Crippen molar-refractivity contribution in [1.29, 1.82) is 0 Å². The molecule has 5 heteroatoms. The summed E-state index contributed by atoms with van der Waals surface area (Å²) in [5, 5.41) is 0.740. The Bertz CT molecular complexity index is 1250. The van der Waals surface area contributed by atoms with Crippen LogP contribution in [0.2, 0.25) is 5.02 Å². The summed E-state index contributed by atoms with van der Waals surface area (Å²) in [4.78, 5) is 2.10. The number of halogens is 3. The van der Waals surface area contributed by atoms with Crippen molar-refractivity contribution in [3.63, 3.8) is 0 Å². The molecule has 0 fully saturated rings. The Morgan fingerprint density at radius 2 is 1.36 bits per heavy atom. The fraction of sp³-hybridized carbons (Fsp3) is 0.107. The van der Waals surface area contributed by atoms with Crippen LogP contribution in [0.15, 0.2) is 89.4 Å². The largest absolute Gasteiger partial charge is 1.00 e. The van der Waals surface area contributed by atoms with Gasteiger partial charge in [-0.1, -0.05) is 51.8 Å². The summed E-state index contributed by atoms with van der Waals surface area (Å²) in [5.41, 5.74) is 8.07. The van der Waals surface area contributed by atoms with Crippen molar-refractivity contribution < 1.29 is 28.5 Å². The van der Waals surface area contributed by atoms with Gasteiger partial charge in [-0.3, -0.25) is 0 Å². The first-order chi connectivity index (χ1) is 15.4. The lowest BCUT2D eigenvalue weighted by Crippen LogP contribution is -3.00. The standard InChI is InChI=1S/C28H25BrClN2.HI/c1-31(2)26-15-4-20(5-16-26)6-17-27-18-23(21-9-13-25(30)14-10-21)19-28(32(27)3)22-7-11-24(29)12-8-22;/h4-19H,1-3H3;1H/q+1;/p-1. The normalized spacial score (nSPS) is 10.8. The maximum Gasteiger partial charge on any atom is 0.213 e. The number of pyridine rings is 1. The van der Waals surface area contributed by atoms with Crippen molar-refractivity contribution in [2.45, 2.75) is 0 Å². The minimum absolute atomic E-state index is 0. The molecule has 0 atom stereocenters. The first-order valence-electron chi connectivity index (χ1n) is 10.4. The van der Waals surface area contributed by atoms with Gasteiger partial charge in [0.1, 0.15) is 7.05 Å². The van der Waals surface area contributed by atoms with Crippen molar-refractivity contribution >= 4 is 45.4 Å². The molecule has 168 valence electrons. The molecule has 4 aromatic rings. The summed E-state index contributed by atoms with van der Waals surface area (Å²) in [6.07, 6.45) is 4.33. The molecule has 0 aliphatic carbocycles. The summed E-state index contributed by atoms with van der Waals surface area (Å²) in [6.45, 7) is 0. The van der Waals surface area contributed by atoms with Gasteiger partial charge in [0.25, 0.3) is 0 Å². The lowest BCUT2D eigenvalue weighted by molar-refractivity contribution is -0.662. The van der Waals surface area contributed by atoms with Crippen molar-refractivity contribution in [3.8, 4) is 22.4 Å². The van der Waals surface area contributed by atoms with Crippen LogP contribution in [0.4, 0.5) is 5.69 Å². The van der Waals surface area contributed by atoms with Gasteiger partial charge >= 0.3 is 0 Å². The average molecular weight is 632 g/mol. The lowest BCUT2D eigenvalue weighted by atomic mass is 10.0. The smallest absolute Gasteiger partial charge is 0.213 e. The second-order valence-corrected chi connectivity index (χ2v) is 9.30. The highest BCUT2D eigenvalue weighted by Gasteiger charge is 2.16. The zero-order valence-electron chi connectivity index (χ0n) is 18.8. The molecule has 1 aromatic heterocycles. The number of aromatic nitrogens is 1. The molecule has 3 aromatic carbocycles. The van der Waals surface area contributed by atoms with Gasteiger partial charge in [-0.2, -0.15) is 4.57 Å². The Morgan fingerprint density at radius 3 is 1.97 bits per heavy atom. The second-order valence-electron chi connectivity index (χ2n) is 7.95. The highest BCUT2D eigenvalue weighted by molar-refractivity contribution is 9.10. The Balaban J connectivity index is 0.00000306. The second kappa shape index (κ2) is 11.3. The van der Waals surface area contributed by atoms with E-state index in [-0.39, 0.29) is 24.0 Å². The zero-order chi connectivity index (χ0) is 22.7. The molecule has 0 bridgehead atoms. The van der Waals surface area contributed by atoms with Crippen molar-refractivity contribution in [1.82, 2.24) is 0 Å². The van der Waals surface area contributed by atoms with Crippen LogP contribution in [0.3, 0.4) is 0 Å². The van der Waals surface area contributed by atoms with Crippen LogP contribution in [0.5, 0.6) is 0 Å². The molecule has 0 saturated carbocycles.